The minimum Gasteiger partial charge on any atom is -0.486 e. The van der Waals surface area contributed by atoms with E-state index in [0.29, 0.717) is 6.42 Å². The molecule has 0 saturated carbocycles. The van der Waals surface area contributed by atoms with Crippen LogP contribution in [0.3, 0.4) is 0 Å². The van der Waals surface area contributed by atoms with Crippen LogP contribution < -0.4 is 10.0 Å². The van der Waals surface area contributed by atoms with Gasteiger partial charge in [-0.3, -0.25) is 4.79 Å². The van der Waals surface area contributed by atoms with Crippen molar-refractivity contribution in [3.63, 3.8) is 0 Å². The van der Waals surface area contributed by atoms with Crippen molar-refractivity contribution >= 4 is 20.3 Å². The highest BCUT2D eigenvalue weighted by Crippen LogP contribution is 2.39. The monoisotopic (exact) mass is 440 g/mol. The van der Waals surface area contributed by atoms with Crippen LogP contribution >= 0.6 is 9.24 Å². The minimum absolute atomic E-state index is 0.199. The van der Waals surface area contributed by atoms with Gasteiger partial charge in [-0.2, -0.15) is 0 Å². The van der Waals surface area contributed by atoms with Crippen LogP contribution in [-0.2, 0) is 0 Å². The fraction of sp³-hybridized carbons (Fsp3) is 0.536. The number of fused-ring (bicyclic) bond motifs is 1. The zero-order valence-electron chi connectivity index (χ0n) is 20.7. The summed E-state index contributed by atoms with van der Waals surface area (Å²) in [7, 11) is 2.73. The summed E-state index contributed by atoms with van der Waals surface area (Å²) in [5, 5.41) is 1.08. The molecule has 170 valence electrons. The standard InChI is InChI=1S/C28H41O2P/c1-19(2)11-8-12-20(3)13-9-14-21(4)15-10-16-28(7)18-25(29)24-17-26(31)22(5)23(6)27(24)30-28/h11,13,15,17H,8-10,12,14,16,18,31H2,1-7H3/b20-13+,21-15+. The summed E-state index contributed by atoms with van der Waals surface area (Å²) in [4.78, 5) is 12.8. The second kappa shape index (κ2) is 11.3. The number of rotatable bonds is 9. The number of carbonyl (C=O) groups is 1. The zero-order valence-corrected chi connectivity index (χ0v) is 21.8. The molecule has 0 radical (unpaired) electrons. The van der Waals surface area contributed by atoms with Crippen molar-refractivity contribution in [1.82, 2.24) is 0 Å². The first-order valence-corrected chi connectivity index (χ1v) is 12.2. The predicted octanol–water partition coefficient (Wildman–Crippen LogP) is 7.73. The summed E-state index contributed by atoms with van der Waals surface area (Å²) in [6.07, 6.45) is 13.7. The van der Waals surface area contributed by atoms with Gasteiger partial charge in [0.2, 0.25) is 0 Å². The molecule has 0 aliphatic carbocycles. The molecule has 0 fully saturated rings. The molecule has 2 rings (SSSR count). The summed E-state index contributed by atoms with van der Waals surface area (Å²) in [6, 6.07) is 1.96. The Morgan fingerprint density at radius 3 is 2.19 bits per heavy atom. The molecule has 0 saturated heterocycles. The van der Waals surface area contributed by atoms with Gasteiger partial charge in [-0.1, -0.05) is 34.9 Å². The lowest BCUT2D eigenvalue weighted by atomic mass is 9.86. The molecular weight excluding hydrogens is 399 g/mol. The van der Waals surface area contributed by atoms with Gasteiger partial charge in [-0.15, -0.1) is 9.24 Å². The normalized spacial score (nSPS) is 19.2. The predicted molar refractivity (Wildman–Crippen MR) is 138 cm³/mol. The van der Waals surface area contributed by atoms with Crippen LogP contribution in [0.25, 0.3) is 0 Å². The molecule has 0 N–H and O–H groups in total. The van der Waals surface area contributed by atoms with Gasteiger partial charge in [-0.25, -0.2) is 0 Å². The van der Waals surface area contributed by atoms with Gasteiger partial charge in [0.05, 0.1) is 12.0 Å². The largest absolute Gasteiger partial charge is 0.486 e. The maximum absolute atomic E-state index is 12.8. The molecule has 1 aromatic rings. The van der Waals surface area contributed by atoms with E-state index < -0.39 is 5.60 Å². The summed E-state index contributed by atoms with van der Waals surface area (Å²) >= 11 is 0. The van der Waals surface area contributed by atoms with Gasteiger partial charge >= 0.3 is 0 Å². The van der Waals surface area contributed by atoms with Crippen molar-refractivity contribution < 1.29 is 9.53 Å². The Bertz CT molecular complexity index is 900. The van der Waals surface area contributed by atoms with Crippen LogP contribution in [0.2, 0.25) is 0 Å². The zero-order chi connectivity index (χ0) is 23.2. The van der Waals surface area contributed by atoms with Crippen molar-refractivity contribution in [1.29, 1.82) is 0 Å². The van der Waals surface area contributed by atoms with E-state index in [1.54, 1.807) is 0 Å². The van der Waals surface area contributed by atoms with Gasteiger partial charge in [0.25, 0.3) is 0 Å². The highest BCUT2D eigenvalue weighted by molar-refractivity contribution is 7.27. The maximum atomic E-state index is 12.8. The minimum atomic E-state index is -0.429. The van der Waals surface area contributed by atoms with Crippen LogP contribution in [0, 0.1) is 13.8 Å². The van der Waals surface area contributed by atoms with Crippen molar-refractivity contribution in [2.45, 2.75) is 99.0 Å². The van der Waals surface area contributed by atoms with Gasteiger partial charge in [-0.05, 0) is 109 Å². The summed E-state index contributed by atoms with van der Waals surface area (Å²) in [5.41, 5.74) is 6.86. The van der Waals surface area contributed by atoms with Crippen molar-refractivity contribution in [3.8, 4) is 5.75 Å². The van der Waals surface area contributed by atoms with E-state index in [-0.39, 0.29) is 5.78 Å². The second-order valence-electron chi connectivity index (χ2n) is 9.74. The molecule has 2 nitrogen and oxygen atoms in total. The van der Waals surface area contributed by atoms with Crippen LogP contribution in [0.1, 0.15) is 101 Å². The maximum Gasteiger partial charge on any atom is 0.170 e. The molecule has 1 aliphatic rings. The third-order valence-corrected chi connectivity index (χ3v) is 6.95. The Balaban J connectivity index is 1.90. The van der Waals surface area contributed by atoms with Crippen LogP contribution in [0.5, 0.6) is 5.75 Å². The topological polar surface area (TPSA) is 26.3 Å². The first kappa shape index (κ1) is 25.6. The van der Waals surface area contributed by atoms with E-state index in [9.17, 15) is 4.79 Å². The smallest absolute Gasteiger partial charge is 0.170 e. The van der Waals surface area contributed by atoms with Crippen LogP contribution in [0.15, 0.2) is 41.0 Å². The van der Waals surface area contributed by atoms with Crippen molar-refractivity contribution in [3.05, 3.63) is 57.7 Å². The fourth-order valence-corrected chi connectivity index (χ4v) is 4.46. The summed E-state index contributed by atoms with van der Waals surface area (Å²) < 4.78 is 6.43. The van der Waals surface area contributed by atoms with Crippen LogP contribution in [0.4, 0.5) is 0 Å². The highest BCUT2D eigenvalue weighted by Gasteiger charge is 2.37. The summed E-state index contributed by atoms with van der Waals surface area (Å²) in [6.45, 7) is 15.0. The molecule has 0 spiro atoms. The Hall–Kier alpha value is -1.66. The lowest BCUT2D eigenvalue weighted by molar-refractivity contribution is 0.0470. The highest BCUT2D eigenvalue weighted by atomic mass is 31.0. The Labute approximate surface area is 192 Å². The molecule has 0 amide bonds. The van der Waals surface area contributed by atoms with Crippen molar-refractivity contribution in [2.75, 3.05) is 0 Å². The molecule has 1 heterocycles. The molecule has 2 atom stereocenters. The quantitative estimate of drug-likeness (QED) is 0.290. The number of hydrogen-bond donors (Lipinski definition) is 0. The Kier molecular flexibility index (Phi) is 9.31. The third kappa shape index (κ3) is 7.46. The Morgan fingerprint density at radius 1 is 1.00 bits per heavy atom. The Morgan fingerprint density at radius 2 is 1.58 bits per heavy atom. The average molecular weight is 441 g/mol. The van der Waals surface area contributed by atoms with Gasteiger partial charge < -0.3 is 4.74 Å². The van der Waals surface area contributed by atoms with E-state index in [1.165, 1.54) is 22.3 Å². The summed E-state index contributed by atoms with van der Waals surface area (Å²) in [5.74, 6) is 0.988. The second-order valence-corrected chi connectivity index (χ2v) is 10.4. The number of allylic oxidation sites excluding steroid dienone is 6. The molecular formula is C28H41O2P. The molecule has 0 bridgehead atoms. The van der Waals surface area contributed by atoms with Gasteiger partial charge in [0.15, 0.2) is 5.78 Å². The average Bonchev–Trinajstić information content (AvgIpc) is 2.67. The molecule has 2 unspecified atom stereocenters. The molecule has 1 aliphatic heterocycles. The third-order valence-electron chi connectivity index (χ3n) is 6.35. The number of ketones is 1. The number of benzene rings is 1. The number of ether oxygens (including phenoxy) is 1. The number of hydrogen-bond acceptors (Lipinski definition) is 2. The number of Topliss-reactive ketones (excluding diaryl/α,β-unsaturated/α-hetero) is 1. The van der Waals surface area contributed by atoms with Crippen molar-refractivity contribution in [2.24, 2.45) is 0 Å². The molecule has 31 heavy (non-hydrogen) atoms. The van der Waals surface area contributed by atoms with Gasteiger partial charge in [0, 0.05) is 0 Å². The lowest BCUT2D eigenvalue weighted by Gasteiger charge is -2.36. The lowest BCUT2D eigenvalue weighted by Crippen LogP contribution is -2.39. The first-order chi connectivity index (χ1) is 14.5. The van der Waals surface area contributed by atoms with E-state index in [1.807, 2.05) is 6.07 Å². The SMILES string of the molecule is CC(C)=CCC/C(C)=C/CC/C(C)=C/CCC1(C)CC(=O)c2cc(P)c(C)c(C)c2O1. The van der Waals surface area contributed by atoms with Gasteiger partial charge in [0.1, 0.15) is 11.4 Å². The molecule has 1 aromatic carbocycles. The van der Waals surface area contributed by atoms with Crippen LogP contribution in [-0.4, -0.2) is 11.4 Å². The van der Waals surface area contributed by atoms with E-state index in [0.717, 1.165) is 60.7 Å². The number of carbonyl (C=O) groups excluding carboxylic acids is 1. The molecule has 0 aromatic heterocycles. The van der Waals surface area contributed by atoms with E-state index in [2.05, 4.69) is 75.9 Å². The fourth-order valence-electron chi connectivity index (χ4n) is 4.08. The van der Waals surface area contributed by atoms with E-state index >= 15 is 0 Å². The molecule has 3 heteroatoms. The first-order valence-electron chi connectivity index (χ1n) is 11.6. The van der Waals surface area contributed by atoms with E-state index in [4.69, 9.17) is 4.74 Å².